The number of carbonyl (C=O) groups is 1. The molecule has 5 heteroatoms. The van der Waals surface area contributed by atoms with E-state index in [4.69, 9.17) is 16.6 Å². The molecular formula is C18H15ClN2OS. The zero-order valence-electron chi connectivity index (χ0n) is 12.5. The van der Waals surface area contributed by atoms with E-state index in [1.165, 1.54) is 18.3 Å². The van der Waals surface area contributed by atoms with Gasteiger partial charge in [-0.15, -0.1) is 11.3 Å². The second-order valence-electron chi connectivity index (χ2n) is 5.12. The Kier molecular flexibility index (Phi) is 4.74. The van der Waals surface area contributed by atoms with E-state index in [2.05, 4.69) is 5.32 Å². The van der Waals surface area contributed by atoms with E-state index >= 15 is 0 Å². The molecule has 0 saturated heterocycles. The minimum Gasteiger partial charge on any atom is -0.343 e. The number of rotatable bonds is 4. The molecule has 23 heavy (non-hydrogen) atoms. The number of nitrogens with zero attached hydrogens (tertiary/aromatic N) is 1. The van der Waals surface area contributed by atoms with Gasteiger partial charge >= 0.3 is 0 Å². The van der Waals surface area contributed by atoms with Gasteiger partial charge in [0.05, 0.1) is 5.69 Å². The van der Waals surface area contributed by atoms with E-state index in [1.54, 1.807) is 0 Å². The Morgan fingerprint density at radius 1 is 1.13 bits per heavy atom. The third-order valence-electron chi connectivity index (χ3n) is 3.39. The van der Waals surface area contributed by atoms with Gasteiger partial charge in [-0.3, -0.25) is 4.79 Å². The molecule has 1 amide bonds. The van der Waals surface area contributed by atoms with E-state index in [0.717, 1.165) is 21.8 Å². The summed E-state index contributed by atoms with van der Waals surface area (Å²) < 4.78 is 0. The fraction of sp³-hybridized carbons (Fsp3) is 0.111. The van der Waals surface area contributed by atoms with E-state index in [9.17, 15) is 4.79 Å². The molecule has 0 spiro atoms. The second-order valence-corrected chi connectivity index (χ2v) is 6.45. The van der Waals surface area contributed by atoms with Crippen LogP contribution in [0.1, 0.15) is 23.5 Å². The van der Waals surface area contributed by atoms with Crippen molar-refractivity contribution in [3.05, 3.63) is 75.6 Å². The van der Waals surface area contributed by atoms with Crippen molar-refractivity contribution in [2.45, 2.75) is 13.0 Å². The van der Waals surface area contributed by atoms with Gasteiger partial charge < -0.3 is 5.32 Å². The summed E-state index contributed by atoms with van der Waals surface area (Å²) in [4.78, 5) is 16.3. The molecule has 116 valence electrons. The van der Waals surface area contributed by atoms with Crippen molar-refractivity contribution in [1.29, 1.82) is 0 Å². The van der Waals surface area contributed by atoms with Gasteiger partial charge in [0.15, 0.2) is 0 Å². The monoisotopic (exact) mass is 342 g/mol. The molecule has 0 bridgehead atoms. The first kappa shape index (κ1) is 15.7. The molecule has 1 unspecified atom stereocenters. The van der Waals surface area contributed by atoms with Crippen molar-refractivity contribution in [1.82, 2.24) is 10.3 Å². The number of hydrogen-bond donors (Lipinski definition) is 1. The van der Waals surface area contributed by atoms with Gasteiger partial charge in [-0.25, -0.2) is 4.98 Å². The molecule has 1 aromatic heterocycles. The third kappa shape index (κ3) is 3.78. The number of halogens is 1. The molecule has 1 atom stereocenters. The summed E-state index contributed by atoms with van der Waals surface area (Å²) in [5, 5.41) is 6.53. The Labute approximate surface area is 144 Å². The minimum atomic E-state index is -0.236. The van der Waals surface area contributed by atoms with Crippen molar-refractivity contribution >= 4 is 28.8 Å². The molecule has 0 saturated carbocycles. The van der Waals surface area contributed by atoms with Crippen LogP contribution < -0.4 is 5.32 Å². The van der Waals surface area contributed by atoms with Gasteiger partial charge in [-0.1, -0.05) is 54.1 Å². The summed E-state index contributed by atoms with van der Waals surface area (Å²) in [7, 11) is 0. The van der Waals surface area contributed by atoms with Gasteiger partial charge in [-0.05, 0) is 17.7 Å². The lowest BCUT2D eigenvalue weighted by atomic mass is 10.1. The van der Waals surface area contributed by atoms with Crippen molar-refractivity contribution in [2.75, 3.05) is 0 Å². The van der Waals surface area contributed by atoms with Crippen LogP contribution in [0.25, 0.3) is 11.3 Å². The van der Waals surface area contributed by atoms with Crippen LogP contribution in [0.3, 0.4) is 0 Å². The predicted molar refractivity (Wildman–Crippen MR) is 94.7 cm³/mol. The number of carbonyl (C=O) groups excluding carboxylic acids is 1. The van der Waals surface area contributed by atoms with Crippen LogP contribution in [0.15, 0.2) is 60.0 Å². The molecule has 0 aliphatic heterocycles. The van der Waals surface area contributed by atoms with E-state index in [1.807, 2.05) is 60.0 Å². The highest BCUT2D eigenvalue weighted by Crippen LogP contribution is 2.29. The average molecular weight is 343 g/mol. The molecule has 1 heterocycles. The molecule has 0 aliphatic carbocycles. The Bertz CT molecular complexity index is 799. The minimum absolute atomic E-state index is 0.0814. The van der Waals surface area contributed by atoms with Crippen LogP contribution >= 0.6 is 22.9 Å². The SMILES string of the molecule is CC(=O)NC(c1ccccc1)c1nc(-c2ccc(Cl)cc2)cs1. The van der Waals surface area contributed by atoms with Crippen molar-refractivity contribution in [3.8, 4) is 11.3 Å². The number of thiazole rings is 1. The lowest BCUT2D eigenvalue weighted by molar-refractivity contribution is -0.119. The fourth-order valence-electron chi connectivity index (χ4n) is 2.31. The molecule has 3 rings (SSSR count). The molecule has 3 aromatic rings. The maximum atomic E-state index is 11.6. The first-order valence-corrected chi connectivity index (χ1v) is 8.42. The van der Waals surface area contributed by atoms with Gasteiger partial charge in [0, 0.05) is 22.9 Å². The second kappa shape index (κ2) is 6.94. The van der Waals surface area contributed by atoms with Crippen molar-refractivity contribution < 1.29 is 4.79 Å². The van der Waals surface area contributed by atoms with Crippen molar-refractivity contribution in [2.24, 2.45) is 0 Å². The summed E-state index contributed by atoms with van der Waals surface area (Å²) in [5.74, 6) is -0.0814. The summed E-state index contributed by atoms with van der Waals surface area (Å²) in [5.41, 5.74) is 2.90. The highest BCUT2D eigenvalue weighted by atomic mass is 35.5. The van der Waals surface area contributed by atoms with Crippen molar-refractivity contribution in [3.63, 3.8) is 0 Å². The number of aromatic nitrogens is 1. The summed E-state index contributed by atoms with van der Waals surface area (Å²) in [6, 6.07) is 17.2. The van der Waals surface area contributed by atoms with Crippen LogP contribution in [0, 0.1) is 0 Å². The standard InChI is InChI=1S/C18H15ClN2OS/c1-12(22)20-17(14-5-3-2-4-6-14)18-21-16(11-23-18)13-7-9-15(19)10-8-13/h2-11,17H,1H3,(H,20,22). The lowest BCUT2D eigenvalue weighted by Crippen LogP contribution is -2.26. The molecule has 0 radical (unpaired) electrons. The maximum absolute atomic E-state index is 11.6. The van der Waals surface area contributed by atoms with E-state index in [-0.39, 0.29) is 11.9 Å². The lowest BCUT2D eigenvalue weighted by Gasteiger charge is -2.15. The number of hydrogen-bond acceptors (Lipinski definition) is 3. The number of nitrogens with one attached hydrogen (secondary N) is 1. The molecule has 0 fully saturated rings. The Morgan fingerprint density at radius 3 is 2.48 bits per heavy atom. The highest BCUT2D eigenvalue weighted by Gasteiger charge is 2.19. The van der Waals surface area contributed by atoms with Gasteiger partial charge in [0.1, 0.15) is 11.0 Å². The van der Waals surface area contributed by atoms with Crippen LogP contribution in [0.4, 0.5) is 0 Å². The number of amides is 1. The van der Waals surface area contributed by atoms with Crippen LogP contribution in [-0.2, 0) is 4.79 Å². The fourth-order valence-corrected chi connectivity index (χ4v) is 3.34. The summed E-state index contributed by atoms with van der Waals surface area (Å²) in [6.07, 6.45) is 0. The first-order chi connectivity index (χ1) is 11.1. The quantitative estimate of drug-likeness (QED) is 0.747. The van der Waals surface area contributed by atoms with E-state index in [0.29, 0.717) is 5.02 Å². The van der Waals surface area contributed by atoms with Gasteiger partial charge in [0.25, 0.3) is 0 Å². The zero-order chi connectivity index (χ0) is 16.2. The normalized spacial score (nSPS) is 11.9. The average Bonchev–Trinajstić information content (AvgIpc) is 3.03. The smallest absolute Gasteiger partial charge is 0.217 e. The van der Waals surface area contributed by atoms with Gasteiger partial charge in [-0.2, -0.15) is 0 Å². The molecule has 3 nitrogen and oxygen atoms in total. The van der Waals surface area contributed by atoms with Crippen LogP contribution in [0.2, 0.25) is 5.02 Å². The molecule has 0 aliphatic rings. The third-order valence-corrected chi connectivity index (χ3v) is 4.55. The summed E-state index contributed by atoms with van der Waals surface area (Å²) >= 11 is 7.46. The topological polar surface area (TPSA) is 42.0 Å². The Morgan fingerprint density at radius 2 is 1.83 bits per heavy atom. The van der Waals surface area contributed by atoms with Gasteiger partial charge in [0.2, 0.25) is 5.91 Å². The van der Waals surface area contributed by atoms with Crippen LogP contribution in [-0.4, -0.2) is 10.9 Å². The largest absolute Gasteiger partial charge is 0.343 e. The highest BCUT2D eigenvalue weighted by molar-refractivity contribution is 7.10. The Balaban J connectivity index is 1.94. The first-order valence-electron chi connectivity index (χ1n) is 7.17. The number of benzene rings is 2. The zero-order valence-corrected chi connectivity index (χ0v) is 14.1. The summed E-state index contributed by atoms with van der Waals surface area (Å²) in [6.45, 7) is 1.52. The molecule has 2 aromatic carbocycles. The Hall–Kier alpha value is -2.17. The predicted octanol–water partition coefficient (Wildman–Crippen LogP) is 4.69. The molecule has 1 N–H and O–H groups in total. The maximum Gasteiger partial charge on any atom is 0.217 e. The van der Waals surface area contributed by atoms with Crippen LogP contribution in [0.5, 0.6) is 0 Å². The van der Waals surface area contributed by atoms with E-state index < -0.39 is 0 Å². The molecular weight excluding hydrogens is 328 g/mol.